The minimum absolute atomic E-state index is 0.0585. The fraction of sp³-hybridized carbons (Fsp3) is 0.333. The van der Waals surface area contributed by atoms with Crippen LogP contribution in [0.4, 0.5) is 11.4 Å². The van der Waals surface area contributed by atoms with E-state index in [4.69, 9.17) is 0 Å². The first-order valence-electron chi connectivity index (χ1n) is 12.2. The number of carbonyl (C=O) groups excluding carboxylic acids is 2. The van der Waals surface area contributed by atoms with Crippen molar-refractivity contribution in [2.24, 2.45) is 0 Å². The van der Waals surface area contributed by atoms with E-state index >= 15 is 0 Å². The molecule has 0 spiro atoms. The van der Waals surface area contributed by atoms with Crippen LogP contribution in [0.1, 0.15) is 48.9 Å². The first-order chi connectivity index (χ1) is 17.0. The summed E-state index contributed by atoms with van der Waals surface area (Å²) in [6.45, 7) is 1.68. The average Bonchev–Trinajstić information content (AvgIpc) is 3.04. The molecule has 0 saturated carbocycles. The largest absolute Gasteiger partial charge is 0.339 e. The van der Waals surface area contributed by atoms with Crippen LogP contribution < -0.4 is 9.62 Å². The zero-order chi connectivity index (χ0) is 24.4. The quantitative estimate of drug-likeness (QED) is 0.537. The highest BCUT2D eigenvalue weighted by Crippen LogP contribution is 2.42. The Hall–Kier alpha value is -3.39. The van der Waals surface area contributed by atoms with Gasteiger partial charge in [-0.05, 0) is 48.9 Å². The van der Waals surface area contributed by atoms with Gasteiger partial charge in [-0.2, -0.15) is 0 Å². The van der Waals surface area contributed by atoms with E-state index in [1.165, 1.54) is 4.31 Å². The molecule has 2 amide bonds. The van der Waals surface area contributed by atoms with Gasteiger partial charge in [-0.15, -0.1) is 0 Å². The van der Waals surface area contributed by atoms with Crippen LogP contribution in [-0.2, 0) is 14.8 Å². The molecule has 8 heteroatoms. The first-order valence-corrected chi connectivity index (χ1v) is 13.6. The second kappa shape index (κ2) is 9.70. The highest BCUT2D eigenvalue weighted by Gasteiger charge is 2.35. The number of nitrogens with zero attached hydrogens (tertiary/aromatic N) is 2. The summed E-state index contributed by atoms with van der Waals surface area (Å²) in [6, 6.07) is 17.9. The van der Waals surface area contributed by atoms with Crippen molar-refractivity contribution in [3.63, 3.8) is 0 Å². The molecule has 0 atom stereocenters. The maximum Gasteiger partial charge on any atom is 0.265 e. The Morgan fingerprint density at radius 3 is 2.34 bits per heavy atom. The molecule has 182 valence electrons. The molecular formula is C27H29N3O4S. The number of sulfonamides is 1. The van der Waals surface area contributed by atoms with Gasteiger partial charge in [0.05, 0.1) is 21.8 Å². The second-order valence-electron chi connectivity index (χ2n) is 9.11. The monoisotopic (exact) mass is 491 g/mol. The Balaban J connectivity index is 1.24. The zero-order valence-electron chi connectivity index (χ0n) is 19.6. The van der Waals surface area contributed by atoms with Gasteiger partial charge in [0.2, 0.25) is 5.91 Å². The molecule has 0 aromatic heterocycles. The summed E-state index contributed by atoms with van der Waals surface area (Å²) in [7, 11) is -3.64. The van der Waals surface area contributed by atoms with Gasteiger partial charge in [0.1, 0.15) is 0 Å². The van der Waals surface area contributed by atoms with Crippen LogP contribution >= 0.6 is 0 Å². The van der Waals surface area contributed by atoms with Crippen LogP contribution in [0.5, 0.6) is 0 Å². The van der Waals surface area contributed by atoms with E-state index in [0.29, 0.717) is 28.3 Å². The van der Waals surface area contributed by atoms with E-state index < -0.39 is 10.0 Å². The summed E-state index contributed by atoms with van der Waals surface area (Å²) in [5, 5.41) is 4.49. The lowest BCUT2D eigenvalue weighted by Gasteiger charge is -2.22. The SMILES string of the molecule is O=C(CCCN1c2cccc3cccc(c23)S1(=O)=O)Nc1ccccc1C(=O)N1CCCCCC1. The standard InChI is InChI=1S/C27H29N3O4S/c31-25(28-22-13-4-3-12-21(22)27(32)29-17-5-1-2-6-18-29)16-9-19-30-23-14-7-10-20-11-8-15-24(26(20)23)35(30,33)34/h3-4,7-8,10-15H,1-2,5-6,9,16-19H2,(H,28,31). The highest BCUT2D eigenvalue weighted by atomic mass is 32.2. The molecule has 0 radical (unpaired) electrons. The molecule has 3 aromatic rings. The van der Waals surface area contributed by atoms with Crippen LogP contribution in [0.15, 0.2) is 65.6 Å². The molecule has 1 N–H and O–H groups in total. The van der Waals surface area contributed by atoms with Gasteiger partial charge in [0.15, 0.2) is 0 Å². The Bertz CT molecular complexity index is 1370. The van der Waals surface area contributed by atoms with Crippen molar-refractivity contribution in [1.29, 1.82) is 0 Å². The summed E-state index contributed by atoms with van der Waals surface area (Å²) >= 11 is 0. The summed E-state index contributed by atoms with van der Waals surface area (Å²) in [4.78, 5) is 28.1. The Kier molecular flexibility index (Phi) is 6.47. The number of para-hydroxylation sites is 1. The number of amides is 2. The number of anilines is 2. The summed E-state index contributed by atoms with van der Waals surface area (Å²) in [5.74, 6) is -0.301. The minimum Gasteiger partial charge on any atom is -0.339 e. The summed E-state index contributed by atoms with van der Waals surface area (Å²) in [5.41, 5.74) is 1.65. The molecular weight excluding hydrogens is 462 g/mol. The molecule has 7 nitrogen and oxygen atoms in total. The van der Waals surface area contributed by atoms with Crippen LogP contribution in [0.25, 0.3) is 10.8 Å². The third-order valence-corrected chi connectivity index (χ3v) is 8.63. The molecule has 3 aromatic carbocycles. The molecule has 0 aliphatic carbocycles. The Morgan fingerprint density at radius 2 is 1.57 bits per heavy atom. The van der Waals surface area contributed by atoms with Crippen molar-refractivity contribution in [3.8, 4) is 0 Å². The number of nitrogens with one attached hydrogen (secondary N) is 1. The predicted molar refractivity (Wildman–Crippen MR) is 137 cm³/mol. The van der Waals surface area contributed by atoms with Gasteiger partial charge in [0.25, 0.3) is 15.9 Å². The lowest BCUT2D eigenvalue weighted by Crippen LogP contribution is -2.32. The molecule has 2 heterocycles. The molecule has 2 aliphatic heterocycles. The average molecular weight is 492 g/mol. The molecule has 2 aliphatic rings. The van der Waals surface area contributed by atoms with Gasteiger partial charge in [-0.25, -0.2) is 8.42 Å². The molecule has 1 fully saturated rings. The third kappa shape index (κ3) is 4.50. The van der Waals surface area contributed by atoms with Crippen molar-refractivity contribution in [3.05, 3.63) is 66.2 Å². The Labute approximate surface area is 205 Å². The van der Waals surface area contributed by atoms with Crippen LogP contribution in [-0.4, -0.2) is 44.8 Å². The number of benzene rings is 3. The van der Waals surface area contributed by atoms with Crippen molar-refractivity contribution < 1.29 is 18.0 Å². The van der Waals surface area contributed by atoms with E-state index in [2.05, 4.69) is 5.32 Å². The van der Waals surface area contributed by atoms with E-state index in [1.54, 1.807) is 42.5 Å². The minimum atomic E-state index is -3.64. The lowest BCUT2D eigenvalue weighted by atomic mass is 10.1. The van der Waals surface area contributed by atoms with Crippen molar-refractivity contribution in [2.45, 2.75) is 43.4 Å². The molecule has 35 heavy (non-hydrogen) atoms. The maximum atomic E-state index is 13.1. The van der Waals surface area contributed by atoms with Crippen molar-refractivity contribution >= 4 is 44.0 Å². The molecule has 5 rings (SSSR count). The fourth-order valence-corrected chi connectivity index (χ4v) is 6.77. The van der Waals surface area contributed by atoms with E-state index in [0.717, 1.165) is 49.5 Å². The number of carbonyl (C=O) groups is 2. The molecule has 1 saturated heterocycles. The van der Waals surface area contributed by atoms with Gasteiger partial charge in [-0.1, -0.05) is 49.2 Å². The van der Waals surface area contributed by atoms with Gasteiger partial charge in [0, 0.05) is 31.4 Å². The third-order valence-electron chi connectivity index (χ3n) is 6.77. The van der Waals surface area contributed by atoms with Crippen LogP contribution in [0.3, 0.4) is 0 Å². The molecule has 0 unspecified atom stereocenters. The topological polar surface area (TPSA) is 86.8 Å². The van der Waals surface area contributed by atoms with Gasteiger partial charge >= 0.3 is 0 Å². The van der Waals surface area contributed by atoms with Crippen molar-refractivity contribution in [2.75, 3.05) is 29.3 Å². The van der Waals surface area contributed by atoms with Crippen molar-refractivity contribution in [1.82, 2.24) is 4.90 Å². The van der Waals surface area contributed by atoms with Crippen LogP contribution in [0.2, 0.25) is 0 Å². The zero-order valence-corrected chi connectivity index (χ0v) is 20.4. The smallest absolute Gasteiger partial charge is 0.265 e. The normalized spacial score (nSPS) is 16.8. The second-order valence-corrected chi connectivity index (χ2v) is 10.9. The van der Waals surface area contributed by atoms with E-state index in [-0.39, 0.29) is 24.8 Å². The fourth-order valence-electron chi connectivity index (χ4n) is 5.02. The maximum absolute atomic E-state index is 13.1. The van der Waals surface area contributed by atoms with Gasteiger partial charge < -0.3 is 10.2 Å². The first kappa shape index (κ1) is 23.4. The predicted octanol–water partition coefficient (Wildman–Crippen LogP) is 4.78. The highest BCUT2D eigenvalue weighted by molar-refractivity contribution is 7.93. The number of hydrogen-bond acceptors (Lipinski definition) is 4. The van der Waals surface area contributed by atoms with E-state index in [1.807, 2.05) is 23.1 Å². The number of likely N-dealkylation sites (tertiary alicyclic amines) is 1. The van der Waals surface area contributed by atoms with Gasteiger partial charge in [-0.3, -0.25) is 13.9 Å². The van der Waals surface area contributed by atoms with E-state index in [9.17, 15) is 18.0 Å². The Morgan fingerprint density at radius 1 is 0.857 bits per heavy atom. The summed E-state index contributed by atoms with van der Waals surface area (Å²) < 4.78 is 27.6. The molecule has 0 bridgehead atoms. The number of rotatable bonds is 6. The summed E-state index contributed by atoms with van der Waals surface area (Å²) in [6.07, 6.45) is 4.76. The lowest BCUT2D eigenvalue weighted by molar-refractivity contribution is -0.116. The number of hydrogen-bond donors (Lipinski definition) is 1. The van der Waals surface area contributed by atoms with Crippen LogP contribution in [0, 0.1) is 0 Å².